The van der Waals surface area contributed by atoms with Crippen molar-refractivity contribution >= 4 is 34.0 Å². The minimum atomic E-state index is -0.177. The van der Waals surface area contributed by atoms with Crippen LogP contribution in [-0.2, 0) is 9.59 Å². The van der Waals surface area contributed by atoms with Gasteiger partial charge >= 0.3 is 0 Å². The fourth-order valence-electron chi connectivity index (χ4n) is 3.36. The molecule has 9 heteroatoms. The lowest BCUT2D eigenvalue weighted by Gasteiger charge is -2.33. The first-order valence-corrected chi connectivity index (χ1v) is 10.4. The first kappa shape index (κ1) is 21.8. The molecule has 1 unspecified atom stereocenters. The summed E-state index contributed by atoms with van der Waals surface area (Å²) in [6.45, 7) is 2.30. The molecule has 1 saturated heterocycles. The summed E-state index contributed by atoms with van der Waals surface area (Å²) < 4.78 is 10.5. The van der Waals surface area contributed by atoms with Gasteiger partial charge in [0.15, 0.2) is 16.6 Å². The number of rotatable bonds is 6. The summed E-state index contributed by atoms with van der Waals surface area (Å²) >= 11 is 1.46. The Labute approximate surface area is 179 Å². The van der Waals surface area contributed by atoms with Gasteiger partial charge in [-0.25, -0.2) is 4.98 Å². The van der Waals surface area contributed by atoms with Gasteiger partial charge < -0.3 is 20.1 Å². The maximum atomic E-state index is 12.6. The number of likely N-dealkylation sites (tertiary alicyclic amines) is 1. The summed E-state index contributed by atoms with van der Waals surface area (Å²) in [5.74, 6) is 0.849. The zero-order chi connectivity index (χ0) is 21.7. The lowest BCUT2D eigenvalue weighted by atomic mass is 9.96. The summed E-state index contributed by atoms with van der Waals surface area (Å²) in [6.07, 6.45) is 5.03. The van der Waals surface area contributed by atoms with E-state index in [0.29, 0.717) is 22.3 Å². The number of amides is 2. The lowest BCUT2D eigenvalue weighted by molar-refractivity contribution is -0.114. The quantitative estimate of drug-likeness (QED) is 0.682. The number of aromatic nitrogens is 1. The first-order chi connectivity index (χ1) is 14.4. The van der Waals surface area contributed by atoms with Gasteiger partial charge in [-0.2, -0.15) is 0 Å². The molecule has 2 heterocycles. The topological polar surface area (TPSA) is 92.8 Å². The Hall–Kier alpha value is -2.91. The largest absolute Gasteiger partial charge is 0.493 e. The van der Waals surface area contributed by atoms with Crippen LogP contribution in [0, 0.1) is 0 Å². The van der Waals surface area contributed by atoms with Crippen molar-refractivity contribution in [1.29, 1.82) is 0 Å². The van der Waals surface area contributed by atoms with Gasteiger partial charge in [-0.15, -0.1) is 11.3 Å². The van der Waals surface area contributed by atoms with E-state index in [0.717, 1.165) is 29.8 Å². The molecule has 1 aromatic heterocycles. The molecule has 1 atom stereocenters. The molecule has 0 saturated carbocycles. The lowest BCUT2D eigenvalue weighted by Crippen LogP contribution is -2.30. The third-order valence-electron chi connectivity index (χ3n) is 4.89. The average Bonchev–Trinajstić information content (AvgIpc) is 3.16. The monoisotopic (exact) mass is 430 g/mol. The second kappa shape index (κ2) is 9.73. The number of carbonyl (C=O) groups excluding carboxylic acids is 2. The highest BCUT2D eigenvalue weighted by atomic mass is 32.1. The smallest absolute Gasteiger partial charge is 0.248 e. The minimum absolute atomic E-state index is 0.124. The van der Waals surface area contributed by atoms with Crippen LogP contribution in [0.1, 0.15) is 30.7 Å². The number of nitrogens with zero attached hydrogens (tertiary/aromatic N) is 2. The average molecular weight is 431 g/mol. The van der Waals surface area contributed by atoms with Crippen molar-refractivity contribution in [3.63, 3.8) is 0 Å². The van der Waals surface area contributed by atoms with Crippen molar-refractivity contribution in [3.8, 4) is 11.5 Å². The normalized spacial score (nSPS) is 18.1. The molecular weight excluding hydrogens is 404 g/mol. The number of anilines is 2. The van der Waals surface area contributed by atoms with Gasteiger partial charge in [0.05, 0.1) is 14.2 Å². The Kier molecular flexibility index (Phi) is 7.07. The Morgan fingerprint density at radius 3 is 2.70 bits per heavy atom. The number of ether oxygens (including phenoxy) is 2. The molecule has 0 bridgehead atoms. The van der Waals surface area contributed by atoms with Crippen molar-refractivity contribution in [2.45, 2.75) is 25.8 Å². The van der Waals surface area contributed by atoms with E-state index < -0.39 is 0 Å². The van der Waals surface area contributed by atoms with Gasteiger partial charge in [0.25, 0.3) is 0 Å². The molecule has 1 aliphatic heterocycles. The van der Waals surface area contributed by atoms with E-state index in [4.69, 9.17) is 9.47 Å². The summed E-state index contributed by atoms with van der Waals surface area (Å²) in [4.78, 5) is 31.4. The number of thiazole rings is 1. The number of benzene rings is 1. The van der Waals surface area contributed by atoms with Crippen LogP contribution in [0.15, 0.2) is 36.0 Å². The molecule has 8 nitrogen and oxygen atoms in total. The van der Waals surface area contributed by atoms with Crippen molar-refractivity contribution in [2.24, 2.45) is 0 Å². The minimum Gasteiger partial charge on any atom is -0.493 e. The van der Waals surface area contributed by atoms with Crippen molar-refractivity contribution in [1.82, 2.24) is 9.88 Å². The fraction of sp³-hybridized carbons (Fsp3) is 0.381. The Bertz CT molecular complexity index is 956. The molecule has 0 aliphatic carbocycles. The molecule has 3 rings (SSSR count). The predicted octanol–water partition coefficient (Wildman–Crippen LogP) is 3.45. The molecule has 1 aliphatic rings. The molecule has 2 aromatic rings. The molecule has 2 amide bonds. The SMILES string of the molecule is COc1ccc(NC(=O)C=C2CCN(C)C(c3cnc(NC(C)=O)s3)C2)cc1OC. The number of methoxy groups -OCH3 is 2. The Morgan fingerprint density at radius 2 is 2.00 bits per heavy atom. The van der Waals surface area contributed by atoms with E-state index >= 15 is 0 Å². The van der Waals surface area contributed by atoms with E-state index in [-0.39, 0.29) is 17.9 Å². The van der Waals surface area contributed by atoms with Gasteiger partial charge in [-0.05, 0) is 32.0 Å². The standard InChI is InChI=1S/C21H26N4O4S/c1-13(26)23-21-22-12-19(30-21)16-9-14(7-8-25(16)2)10-20(27)24-15-5-6-17(28-3)18(11-15)29-4/h5-6,10-12,16H,7-9H2,1-4H3,(H,24,27)(H,22,23,26). The van der Waals surface area contributed by atoms with Gasteiger partial charge in [0, 0.05) is 48.4 Å². The molecule has 2 N–H and O–H groups in total. The molecule has 1 fully saturated rings. The van der Waals surface area contributed by atoms with Crippen LogP contribution in [0.5, 0.6) is 11.5 Å². The van der Waals surface area contributed by atoms with Crippen LogP contribution < -0.4 is 20.1 Å². The van der Waals surface area contributed by atoms with Crippen LogP contribution >= 0.6 is 11.3 Å². The van der Waals surface area contributed by atoms with Crippen LogP contribution in [0.4, 0.5) is 10.8 Å². The second-order valence-corrected chi connectivity index (χ2v) is 8.12. The van der Waals surface area contributed by atoms with E-state index in [1.54, 1.807) is 44.7 Å². The van der Waals surface area contributed by atoms with Crippen LogP contribution in [0.3, 0.4) is 0 Å². The second-order valence-electron chi connectivity index (χ2n) is 7.06. The zero-order valence-corrected chi connectivity index (χ0v) is 18.3. The predicted molar refractivity (Wildman–Crippen MR) is 117 cm³/mol. The summed E-state index contributed by atoms with van der Waals surface area (Å²) in [5.41, 5.74) is 1.71. The third-order valence-corrected chi connectivity index (χ3v) is 5.91. The van der Waals surface area contributed by atoms with Crippen molar-refractivity contribution in [2.75, 3.05) is 38.4 Å². The Balaban J connectivity index is 1.68. The Morgan fingerprint density at radius 1 is 1.23 bits per heavy atom. The zero-order valence-electron chi connectivity index (χ0n) is 17.5. The summed E-state index contributed by atoms with van der Waals surface area (Å²) in [5, 5.41) is 6.20. The van der Waals surface area contributed by atoms with Crippen molar-refractivity contribution < 1.29 is 19.1 Å². The highest BCUT2D eigenvalue weighted by Gasteiger charge is 2.26. The van der Waals surface area contributed by atoms with Crippen LogP contribution in [0.2, 0.25) is 0 Å². The highest BCUT2D eigenvalue weighted by molar-refractivity contribution is 7.15. The van der Waals surface area contributed by atoms with E-state index in [9.17, 15) is 9.59 Å². The molecule has 1 aromatic carbocycles. The van der Waals surface area contributed by atoms with Gasteiger partial charge in [-0.1, -0.05) is 5.57 Å². The fourth-order valence-corrected chi connectivity index (χ4v) is 4.39. The highest BCUT2D eigenvalue weighted by Crippen LogP contribution is 2.36. The molecule has 30 heavy (non-hydrogen) atoms. The van der Waals surface area contributed by atoms with Gasteiger partial charge in [-0.3, -0.25) is 14.5 Å². The molecule has 0 spiro atoms. The molecular formula is C21H26N4O4S. The van der Waals surface area contributed by atoms with Crippen LogP contribution in [0.25, 0.3) is 0 Å². The maximum Gasteiger partial charge on any atom is 0.248 e. The van der Waals surface area contributed by atoms with E-state index in [1.165, 1.54) is 18.3 Å². The third kappa shape index (κ3) is 5.37. The van der Waals surface area contributed by atoms with Gasteiger partial charge in [0.2, 0.25) is 11.8 Å². The number of carbonyl (C=O) groups is 2. The van der Waals surface area contributed by atoms with Gasteiger partial charge in [0.1, 0.15) is 0 Å². The van der Waals surface area contributed by atoms with E-state index in [2.05, 4.69) is 27.6 Å². The number of hydrogen-bond acceptors (Lipinski definition) is 7. The maximum absolute atomic E-state index is 12.6. The first-order valence-electron chi connectivity index (χ1n) is 9.55. The summed E-state index contributed by atoms with van der Waals surface area (Å²) in [6, 6.07) is 5.38. The molecule has 160 valence electrons. The van der Waals surface area contributed by atoms with Crippen molar-refractivity contribution in [3.05, 3.63) is 40.9 Å². The van der Waals surface area contributed by atoms with Crippen LogP contribution in [-0.4, -0.2) is 49.5 Å². The number of hydrogen-bond donors (Lipinski definition) is 2. The molecule has 0 radical (unpaired) electrons. The summed E-state index contributed by atoms with van der Waals surface area (Å²) in [7, 11) is 5.18. The number of nitrogens with one attached hydrogen (secondary N) is 2. The number of piperidine rings is 1. The van der Waals surface area contributed by atoms with E-state index in [1.807, 2.05) is 0 Å².